The zero-order valence-corrected chi connectivity index (χ0v) is 8.08. The standard InChI is InChI=1S/C9H18N2O/c1-4-7-5-6(2)8(9(10)12)11(7)3/h6-8H,4-5H2,1-3H3,(H2,10,12). The molecule has 1 rings (SSSR count). The number of carbonyl (C=O) groups is 1. The second-order valence-corrected chi connectivity index (χ2v) is 3.79. The molecule has 1 aliphatic heterocycles. The molecule has 1 saturated heterocycles. The molecule has 1 fully saturated rings. The number of likely N-dealkylation sites (tertiary alicyclic amines) is 1. The number of primary amides is 1. The zero-order valence-electron chi connectivity index (χ0n) is 8.08. The molecule has 70 valence electrons. The fourth-order valence-corrected chi connectivity index (χ4v) is 2.29. The molecule has 3 nitrogen and oxygen atoms in total. The van der Waals surface area contributed by atoms with Gasteiger partial charge in [0.1, 0.15) is 0 Å². The normalized spacial score (nSPS) is 37.1. The maximum atomic E-state index is 11.1. The van der Waals surface area contributed by atoms with Gasteiger partial charge in [-0.3, -0.25) is 9.69 Å². The third-order valence-electron chi connectivity index (χ3n) is 2.96. The first-order chi connectivity index (χ1) is 5.57. The van der Waals surface area contributed by atoms with Crippen LogP contribution in [0.5, 0.6) is 0 Å². The van der Waals surface area contributed by atoms with Crippen LogP contribution in [0.4, 0.5) is 0 Å². The summed E-state index contributed by atoms with van der Waals surface area (Å²) in [5.74, 6) is 0.235. The molecular formula is C9H18N2O. The summed E-state index contributed by atoms with van der Waals surface area (Å²) in [5, 5.41) is 0. The van der Waals surface area contributed by atoms with Crippen LogP contribution in [0.2, 0.25) is 0 Å². The van der Waals surface area contributed by atoms with Crippen LogP contribution in [0.15, 0.2) is 0 Å². The van der Waals surface area contributed by atoms with Gasteiger partial charge in [-0.15, -0.1) is 0 Å². The van der Waals surface area contributed by atoms with Crippen molar-refractivity contribution in [2.45, 2.75) is 38.8 Å². The number of likely N-dealkylation sites (N-methyl/N-ethyl adjacent to an activating group) is 1. The largest absolute Gasteiger partial charge is 0.368 e. The zero-order chi connectivity index (χ0) is 9.30. The third kappa shape index (κ3) is 1.46. The van der Waals surface area contributed by atoms with Crippen molar-refractivity contribution < 1.29 is 4.79 Å². The van der Waals surface area contributed by atoms with E-state index in [1.807, 2.05) is 7.05 Å². The van der Waals surface area contributed by atoms with Crippen molar-refractivity contribution in [3.05, 3.63) is 0 Å². The molecule has 2 N–H and O–H groups in total. The number of rotatable bonds is 2. The minimum atomic E-state index is -0.180. The van der Waals surface area contributed by atoms with E-state index >= 15 is 0 Å². The van der Waals surface area contributed by atoms with Crippen molar-refractivity contribution in [1.82, 2.24) is 4.90 Å². The summed E-state index contributed by atoms with van der Waals surface area (Å²) >= 11 is 0. The summed E-state index contributed by atoms with van der Waals surface area (Å²) in [6.07, 6.45) is 2.20. The Hall–Kier alpha value is -0.570. The van der Waals surface area contributed by atoms with Gasteiger partial charge < -0.3 is 5.73 Å². The van der Waals surface area contributed by atoms with Crippen molar-refractivity contribution in [3.8, 4) is 0 Å². The molecule has 0 aromatic carbocycles. The summed E-state index contributed by atoms with van der Waals surface area (Å²) in [6, 6.07) is 0.493. The summed E-state index contributed by atoms with van der Waals surface area (Å²) in [5.41, 5.74) is 5.31. The van der Waals surface area contributed by atoms with Gasteiger partial charge in [-0.1, -0.05) is 13.8 Å². The summed E-state index contributed by atoms with van der Waals surface area (Å²) in [7, 11) is 1.99. The van der Waals surface area contributed by atoms with E-state index < -0.39 is 0 Å². The van der Waals surface area contributed by atoms with E-state index in [1.54, 1.807) is 0 Å². The molecule has 3 unspecified atom stereocenters. The number of hydrogen-bond donors (Lipinski definition) is 1. The Labute approximate surface area is 73.9 Å². The van der Waals surface area contributed by atoms with Crippen molar-refractivity contribution in [2.75, 3.05) is 7.05 Å². The number of carbonyl (C=O) groups excluding carboxylic acids is 1. The predicted octanol–water partition coefficient (Wildman–Crippen LogP) is 0.590. The average Bonchev–Trinajstić information content (AvgIpc) is 2.25. The molecule has 1 aliphatic rings. The van der Waals surface area contributed by atoms with Crippen LogP contribution in [0.1, 0.15) is 26.7 Å². The monoisotopic (exact) mass is 170 g/mol. The average molecular weight is 170 g/mol. The second-order valence-electron chi connectivity index (χ2n) is 3.79. The topological polar surface area (TPSA) is 46.3 Å². The molecule has 3 heteroatoms. The highest BCUT2D eigenvalue weighted by Gasteiger charge is 2.38. The van der Waals surface area contributed by atoms with Gasteiger partial charge in [-0.05, 0) is 25.8 Å². The van der Waals surface area contributed by atoms with E-state index in [-0.39, 0.29) is 11.9 Å². The lowest BCUT2D eigenvalue weighted by Gasteiger charge is -2.23. The molecular weight excluding hydrogens is 152 g/mol. The Balaban J connectivity index is 2.70. The lowest BCUT2D eigenvalue weighted by Crippen LogP contribution is -2.43. The molecule has 0 bridgehead atoms. The van der Waals surface area contributed by atoms with E-state index in [4.69, 9.17) is 5.73 Å². The molecule has 0 spiro atoms. The SMILES string of the molecule is CCC1CC(C)C(C(N)=O)N1C. The smallest absolute Gasteiger partial charge is 0.235 e. The molecule has 0 radical (unpaired) electrons. The van der Waals surface area contributed by atoms with Gasteiger partial charge >= 0.3 is 0 Å². The quantitative estimate of drug-likeness (QED) is 0.659. The van der Waals surface area contributed by atoms with Crippen LogP contribution in [0.3, 0.4) is 0 Å². The fourth-order valence-electron chi connectivity index (χ4n) is 2.29. The van der Waals surface area contributed by atoms with Crippen LogP contribution >= 0.6 is 0 Å². The second kappa shape index (κ2) is 3.44. The molecule has 3 atom stereocenters. The van der Waals surface area contributed by atoms with Crippen molar-refractivity contribution in [1.29, 1.82) is 0 Å². The third-order valence-corrected chi connectivity index (χ3v) is 2.96. The van der Waals surface area contributed by atoms with Crippen LogP contribution in [0.25, 0.3) is 0 Å². The summed E-state index contributed by atoms with van der Waals surface area (Å²) in [4.78, 5) is 13.2. The lowest BCUT2D eigenvalue weighted by molar-refractivity contribution is -0.123. The highest BCUT2D eigenvalue weighted by Crippen LogP contribution is 2.29. The van der Waals surface area contributed by atoms with E-state index in [0.717, 1.165) is 12.8 Å². The summed E-state index contributed by atoms with van der Waals surface area (Å²) < 4.78 is 0. The Morgan fingerprint density at radius 1 is 1.67 bits per heavy atom. The Morgan fingerprint density at radius 2 is 2.25 bits per heavy atom. The first kappa shape index (κ1) is 9.52. The summed E-state index contributed by atoms with van der Waals surface area (Å²) in [6.45, 7) is 4.25. The van der Waals surface area contributed by atoms with Crippen LogP contribution in [0, 0.1) is 5.92 Å². The highest BCUT2D eigenvalue weighted by atomic mass is 16.1. The minimum Gasteiger partial charge on any atom is -0.368 e. The molecule has 12 heavy (non-hydrogen) atoms. The van der Waals surface area contributed by atoms with Crippen molar-refractivity contribution >= 4 is 5.91 Å². The minimum absolute atomic E-state index is 0.0463. The first-order valence-corrected chi connectivity index (χ1v) is 4.59. The van der Waals surface area contributed by atoms with Crippen LogP contribution < -0.4 is 5.73 Å². The molecule has 0 aliphatic carbocycles. The van der Waals surface area contributed by atoms with Gasteiger partial charge in [0.25, 0.3) is 0 Å². The Kier molecular flexibility index (Phi) is 2.73. The number of nitrogens with two attached hydrogens (primary N) is 1. The molecule has 1 amide bonds. The van der Waals surface area contributed by atoms with Gasteiger partial charge in [0, 0.05) is 6.04 Å². The van der Waals surface area contributed by atoms with Crippen molar-refractivity contribution in [3.63, 3.8) is 0 Å². The molecule has 0 aromatic heterocycles. The van der Waals surface area contributed by atoms with E-state index in [0.29, 0.717) is 12.0 Å². The lowest BCUT2D eigenvalue weighted by atomic mass is 10.0. The van der Waals surface area contributed by atoms with Gasteiger partial charge in [-0.25, -0.2) is 0 Å². The van der Waals surface area contributed by atoms with Crippen LogP contribution in [-0.2, 0) is 4.79 Å². The van der Waals surface area contributed by atoms with E-state index in [2.05, 4.69) is 18.7 Å². The van der Waals surface area contributed by atoms with Gasteiger partial charge in [0.2, 0.25) is 5.91 Å². The maximum Gasteiger partial charge on any atom is 0.235 e. The van der Waals surface area contributed by atoms with E-state index in [9.17, 15) is 4.79 Å². The van der Waals surface area contributed by atoms with Gasteiger partial charge in [0.05, 0.1) is 6.04 Å². The fraction of sp³-hybridized carbons (Fsp3) is 0.889. The molecule has 1 heterocycles. The highest BCUT2D eigenvalue weighted by molar-refractivity contribution is 5.80. The maximum absolute atomic E-state index is 11.1. The Bertz CT molecular complexity index is 181. The first-order valence-electron chi connectivity index (χ1n) is 4.59. The predicted molar refractivity (Wildman–Crippen MR) is 48.6 cm³/mol. The molecule has 0 saturated carbocycles. The van der Waals surface area contributed by atoms with E-state index in [1.165, 1.54) is 0 Å². The Morgan fingerprint density at radius 3 is 2.50 bits per heavy atom. The van der Waals surface area contributed by atoms with Crippen LogP contribution in [-0.4, -0.2) is 29.9 Å². The number of amides is 1. The number of hydrogen-bond acceptors (Lipinski definition) is 2. The van der Waals surface area contributed by atoms with Gasteiger partial charge in [-0.2, -0.15) is 0 Å². The number of nitrogens with zero attached hydrogens (tertiary/aromatic N) is 1. The molecule has 0 aromatic rings. The van der Waals surface area contributed by atoms with Gasteiger partial charge in [0.15, 0.2) is 0 Å². The van der Waals surface area contributed by atoms with Crippen molar-refractivity contribution in [2.24, 2.45) is 11.7 Å².